The van der Waals surface area contributed by atoms with Crippen LogP contribution in [0.3, 0.4) is 0 Å². The highest BCUT2D eigenvalue weighted by atomic mass is 19.1. The van der Waals surface area contributed by atoms with E-state index in [-0.39, 0.29) is 17.6 Å². The summed E-state index contributed by atoms with van der Waals surface area (Å²) in [5, 5.41) is 0. The molecule has 0 saturated carbocycles. The number of hydrogen-bond acceptors (Lipinski definition) is 7. The molecule has 3 heterocycles. The summed E-state index contributed by atoms with van der Waals surface area (Å²) in [7, 11) is 3.07. The Kier molecular flexibility index (Phi) is 4.86. The van der Waals surface area contributed by atoms with Gasteiger partial charge in [0.2, 0.25) is 0 Å². The number of alkyl halides is 1. The zero-order valence-electron chi connectivity index (χ0n) is 16.4. The lowest BCUT2D eigenvalue weighted by atomic mass is 9.82. The number of halogens is 1. The van der Waals surface area contributed by atoms with Crippen molar-refractivity contribution in [3.63, 3.8) is 0 Å². The number of ether oxygens (including phenoxy) is 1. The Morgan fingerprint density at radius 1 is 1.13 bits per heavy atom. The average molecular weight is 406 g/mol. The molecule has 4 rings (SSSR count). The molecule has 3 aromatic rings. The van der Waals surface area contributed by atoms with E-state index < -0.39 is 12.2 Å². The number of carbonyl (C=O) groups is 1. The Labute approximate surface area is 172 Å². The largest absolute Gasteiger partial charge is 0.497 e. The summed E-state index contributed by atoms with van der Waals surface area (Å²) in [6, 6.07) is 8.44. The highest BCUT2D eigenvalue weighted by Gasteiger charge is 2.50. The number of likely N-dealkylation sites (N-methyl/N-ethyl adjacent to an activating group) is 1. The molecule has 0 fully saturated rings. The number of guanidine groups is 1. The lowest BCUT2D eigenvalue weighted by molar-refractivity contribution is -0.129. The van der Waals surface area contributed by atoms with Crippen molar-refractivity contribution in [3.05, 3.63) is 71.9 Å². The van der Waals surface area contributed by atoms with Crippen molar-refractivity contribution in [2.75, 3.05) is 14.2 Å². The monoisotopic (exact) mass is 406 g/mol. The average Bonchev–Trinajstić information content (AvgIpc) is 3.04. The van der Waals surface area contributed by atoms with E-state index in [4.69, 9.17) is 10.5 Å². The van der Waals surface area contributed by atoms with Crippen LogP contribution in [0.15, 0.2) is 60.1 Å². The lowest BCUT2D eigenvalue weighted by Gasteiger charge is -2.27. The number of rotatable bonds is 5. The summed E-state index contributed by atoms with van der Waals surface area (Å²) in [5.41, 5.74) is 6.97. The first-order chi connectivity index (χ1) is 14.5. The minimum absolute atomic E-state index is 0.0579. The molecule has 0 spiro atoms. The van der Waals surface area contributed by atoms with Gasteiger partial charge in [-0.15, -0.1) is 0 Å². The van der Waals surface area contributed by atoms with Crippen molar-refractivity contribution in [3.8, 4) is 17.0 Å². The maximum atomic E-state index is 13.4. The molecule has 2 aromatic heterocycles. The number of amides is 1. The van der Waals surface area contributed by atoms with E-state index in [1.165, 1.54) is 24.3 Å². The number of carbonyl (C=O) groups excluding carboxylic acids is 1. The first kappa shape index (κ1) is 19.4. The van der Waals surface area contributed by atoms with Gasteiger partial charge in [0.05, 0.1) is 24.7 Å². The molecule has 1 unspecified atom stereocenters. The van der Waals surface area contributed by atoms with Gasteiger partial charge in [0, 0.05) is 31.2 Å². The Morgan fingerprint density at radius 2 is 1.97 bits per heavy atom. The molecule has 2 N–H and O–H groups in total. The van der Waals surface area contributed by atoms with Crippen LogP contribution in [0.1, 0.15) is 16.8 Å². The maximum absolute atomic E-state index is 13.4. The standard InChI is InChI=1S/C21H19FN6O2/c1-28-19(29)21(27-20(28)23,14-3-4-25-16(9-14)11-22)15-7-13(8-17(10-15)30-2)18-12-24-5-6-26-18/h3-10,12H,11H2,1-2H3,(H2,23,27). The van der Waals surface area contributed by atoms with Crippen LogP contribution >= 0.6 is 0 Å². The quantitative estimate of drug-likeness (QED) is 0.695. The minimum Gasteiger partial charge on any atom is -0.497 e. The van der Waals surface area contributed by atoms with E-state index in [2.05, 4.69) is 19.9 Å². The smallest absolute Gasteiger partial charge is 0.266 e. The van der Waals surface area contributed by atoms with Gasteiger partial charge in [0.1, 0.15) is 12.4 Å². The van der Waals surface area contributed by atoms with Crippen LogP contribution in [0.25, 0.3) is 11.3 Å². The number of aliphatic imine (C=N–C) groups is 1. The second kappa shape index (κ2) is 7.51. The van der Waals surface area contributed by atoms with Crippen LogP contribution in [0.2, 0.25) is 0 Å². The van der Waals surface area contributed by atoms with Crippen LogP contribution in [-0.2, 0) is 17.0 Å². The summed E-state index contributed by atoms with van der Waals surface area (Å²) in [5.74, 6) is 0.195. The SMILES string of the molecule is COc1cc(-c2cnccn2)cc(C2(c3ccnc(CF)c3)N=C(N)N(C)C2=O)c1. The third kappa shape index (κ3) is 3.04. The minimum atomic E-state index is -1.50. The van der Waals surface area contributed by atoms with Crippen molar-refractivity contribution in [1.29, 1.82) is 0 Å². The van der Waals surface area contributed by atoms with Crippen molar-refractivity contribution < 1.29 is 13.9 Å². The van der Waals surface area contributed by atoms with Gasteiger partial charge in [0.15, 0.2) is 11.5 Å². The molecular weight excluding hydrogens is 387 g/mol. The van der Waals surface area contributed by atoms with Crippen LogP contribution < -0.4 is 10.5 Å². The van der Waals surface area contributed by atoms with Crippen molar-refractivity contribution in [2.45, 2.75) is 12.2 Å². The zero-order valence-corrected chi connectivity index (χ0v) is 16.4. The number of nitrogens with two attached hydrogens (primary N) is 1. The Balaban J connectivity index is 2.00. The van der Waals surface area contributed by atoms with E-state index >= 15 is 0 Å². The summed E-state index contributed by atoms with van der Waals surface area (Å²) in [6.45, 7) is -0.768. The predicted molar refractivity (Wildman–Crippen MR) is 108 cm³/mol. The number of hydrogen-bond donors (Lipinski definition) is 1. The Morgan fingerprint density at radius 3 is 2.60 bits per heavy atom. The van der Waals surface area contributed by atoms with Gasteiger partial charge in [-0.1, -0.05) is 0 Å². The van der Waals surface area contributed by atoms with Crippen LogP contribution in [-0.4, -0.2) is 45.9 Å². The second-order valence-electron chi connectivity index (χ2n) is 6.75. The number of benzene rings is 1. The molecule has 0 radical (unpaired) electrons. The predicted octanol–water partition coefficient (Wildman–Crippen LogP) is 2.05. The second-order valence-corrected chi connectivity index (χ2v) is 6.75. The normalized spacial score (nSPS) is 18.4. The fourth-order valence-corrected chi connectivity index (χ4v) is 3.48. The molecule has 0 saturated heterocycles. The number of aromatic nitrogens is 3. The third-order valence-electron chi connectivity index (χ3n) is 5.03. The lowest BCUT2D eigenvalue weighted by Crippen LogP contribution is -2.41. The van der Waals surface area contributed by atoms with Crippen LogP contribution in [0, 0.1) is 0 Å². The van der Waals surface area contributed by atoms with E-state index in [1.54, 1.807) is 49.9 Å². The molecule has 152 valence electrons. The van der Waals surface area contributed by atoms with E-state index in [0.29, 0.717) is 28.1 Å². The van der Waals surface area contributed by atoms with Crippen LogP contribution in [0.4, 0.5) is 4.39 Å². The van der Waals surface area contributed by atoms with Crippen molar-refractivity contribution in [1.82, 2.24) is 19.9 Å². The van der Waals surface area contributed by atoms with Gasteiger partial charge in [-0.2, -0.15) is 0 Å². The Hall–Kier alpha value is -3.88. The molecule has 1 atom stereocenters. The summed E-state index contributed by atoms with van der Waals surface area (Å²) < 4.78 is 18.8. The van der Waals surface area contributed by atoms with Crippen LogP contribution in [0.5, 0.6) is 5.75 Å². The molecular formula is C21H19FN6O2. The maximum Gasteiger partial charge on any atom is 0.266 e. The molecule has 8 nitrogen and oxygen atoms in total. The third-order valence-corrected chi connectivity index (χ3v) is 5.03. The van der Waals surface area contributed by atoms with Gasteiger partial charge in [-0.3, -0.25) is 24.6 Å². The highest BCUT2D eigenvalue weighted by Crippen LogP contribution is 2.42. The number of pyridine rings is 1. The molecule has 1 aromatic carbocycles. The summed E-state index contributed by atoms with van der Waals surface area (Å²) in [6.07, 6.45) is 6.21. The molecule has 0 aliphatic carbocycles. The van der Waals surface area contributed by atoms with Gasteiger partial charge in [0.25, 0.3) is 5.91 Å². The van der Waals surface area contributed by atoms with Gasteiger partial charge < -0.3 is 10.5 Å². The fraction of sp³-hybridized carbons (Fsp3) is 0.190. The molecule has 1 aliphatic heterocycles. The first-order valence-corrected chi connectivity index (χ1v) is 9.10. The summed E-state index contributed by atoms with van der Waals surface area (Å²) >= 11 is 0. The zero-order chi connectivity index (χ0) is 21.3. The van der Waals surface area contributed by atoms with Gasteiger partial charge in [-0.05, 0) is 41.5 Å². The molecule has 1 amide bonds. The van der Waals surface area contributed by atoms with Crippen molar-refractivity contribution in [2.24, 2.45) is 10.7 Å². The number of nitrogens with zero attached hydrogens (tertiary/aromatic N) is 5. The van der Waals surface area contributed by atoms with E-state index in [1.807, 2.05) is 0 Å². The molecule has 30 heavy (non-hydrogen) atoms. The fourth-order valence-electron chi connectivity index (χ4n) is 3.48. The number of methoxy groups -OCH3 is 1. The Bertz CT molecular complexity index is 1140. The highest BCUT2D eigenvalue weighted by molar-refractivity contribution is 6.09. The van der Waals surface area contributed by atoms with Gasteiger partial charge >= 0.3 is 0 Å². The van der Waals surface area contributed by atoms with E-state index in [9.17, 15) is 9.18 Å². The molecule has 9 heteroatoms. The first-order valence-electron chi connectivity index (χ1n) is 9.10. The molecule has 0 bridgehead atoms. The topological polar surface area (TPSA) is 107 Å². The molecule has 1 aliphatic rings. The summed E-state index contributed by atoms with van der Waals surface area (Å²) in [4.78, 5) is 31.7. The van der Waals surface area contributed by atoms with E-state index in [0.717, 1.165) is 0 Å². The van der Waals surface area contributed by atoms with Crippen molar-refractivity contribution >= 4 is 11.9 Å². The van der Waals surface area contributed by atoms with Gasteiger partial charge in [-0.25, -0.2) is 9.38 Å².